The molecule has 1 saturated heterocycles. The van der Waals surface area contributed by atoms with Crippen LogP contribution in [0, 0.1) is 12.3 Å². The fourth-order valence-corrected chi connectivity index (χ4v) is 3.77. The topological polar surface area (TPSA) is 96.4 Å². The summed E-state index contributed by atoms with van der Waals surface area (Å²) in [5.41, 5.74) is 2.37. The van der Waals surface area contributed by atoms with Crippen LogP contribution < -0.4 is 20.1 Å². The van der Waals surface area contributed by atoms with Gasteiger partial charge >= 0.3 is 0 Å². The first-order valence-electron chi connectivity index (χ1n) is 11.3. The fourth-order valence-electron chi connectivity index (χ4n) is 3.77. The Morgan fingerprint density at radius 1 is 1.09 bits per heavy atom. The van der Waals surface area contributed by atoms with E-state index in [1.165, 1.54) is 6.33 Å². The number of piperazine rings is 1. The molecule has 2 heterocycles. The van der Waals surface area contributed by atoms with Crippen molar-refractivity contribution in [1.29, 1.82) is 0 Å². The molecular weight excluding hydrogens is 418 g/mol. The first kappa shape index (κ1) is 22.8. The van der Waals surface area contributed by atoms with Gasteiger partial charge in [-0.25, -0.2) is 9.97 Å². The minimum Gasteiger partial charge on any atom is -0.490 e. The molecule has 172 valence electrons. The quantitative estimate of drug-likeness (QED) is 0.318. The first-order chi connectivity index (χ1) is 16.3. The molecule has 8 nitrogen and oxygen atoms in total. The smallest absolute Gasteiger partial charge is 0.163 e. The Morgan fingerprint density at radius 2 is 1.91 bits per heavy atom. The molecule has 0 amide bonds. The molecule has 0 unspecified atom stereocenters. The molecule has 0 aliphatic carbocycles. The highest BCUT2D eigenvalue weighted by atomic mass is 16.5. The Bertz CT molecular complexity index is 1110. The van der Waals surface area contributed by atoms with Crippen molar-refractivity contribution < 1.29 is 19.9 Å². The van der Waals surface area contributed by atoms with Gasteiger partial charge in [0.05, 0.1) is 25.2 Å². The number of aliphatic hydroxyl groups excluding tert-OH is 1. The van der Waals surface area contributed by atoms with Crippen molar-refractivity contribution in [2.24, 2.45) is 0 Å². The third-order valence-corrected chi connectivity index (χ3v) is 5.52. The van der Waals surface area contributed by atoms with Gasteiger partial charge in [0.25, 0.3) is 0 Å². The number of terminal acetylenes is 1. The third-order valence-electron chi connectivity index (χ3n) is 5.52. The zero-order valence-corrected chi connectivity index (χ0v) is 18.7. The van der Waals surface area contributed by atoms with Crippen LogP contribution in [-0.4, -0.2) is 72.5 Å². The zero-order valence-electron chi connectivity index (χ0n) is 18.7. The average molecular weight is 449 g/mol. The largest absolute Gasteiger partial charge is 0.490 e. The van der Waals surface area contributed by atoms with Crippen LogP contribution in [0.15, 0.2) is 42.7 Å². The van der Waals surface area contributed by atoms with E-state index in [0.717, 1.165) is 54.9 Å². The second kappa shape index (κ2) is 11.5. The summed E-state index contributed by atoms with van der Waals surface area (Å²) in [6.45, 7) is 6.27. The summed E-state index contributed by atoms with van der Waals surface area (Å²) in [6.07, 6.45) is 7.60. The van der Waals surface area contributed by atoms with E-state index in [9.17, 15) is 0 Å². The second-order valence-corrected chi connectivity index (χ2v) is 7.87. The third kappa shape index (κ3) is 6.11. The molecule has 0 saturated carbocycles. The Balaban J connectivity index is 1.58. The van der Waals surface area contributed by atoms with Crippen LogP contribution in [0.3, 0.4) is 0 Å². The zero-order chi connectivity index (χ0) is 22.9. The van der Waals surface area contributed by atoms with Crippen LogP contribution in [-0.2, 0) is 0 Å². The van der Waals surface area contributed by atoms with Gasteiger partial charge in [0, 0.05) is 55.4 Å². The maximum absolute atomic E-state index is 9.12. The van der Waals surface area contributed by atoms with E-state index in [1.54, 1.807) is 0 Å². The van der Waals surface area contributed by atoms with Gasteiger partial charge in [0.1, 0.15) is 18.8 Å². The van der Waals surface area contributed by atoms with E-state index in [1.807, 2.05) is 36.4 Å². The fraction of sp³-hybridized carbons (Fsp3) is 0.360. The standard InChI is InChI=1S/C25H29N5O3/c1-2-19-5-3-6-20(15-19)29-25-21-16-23(33-14-11-30-9-7-26-8-10-30)24(32-13-4-12-31)17-22(21)27-18-28-25/h1,3,5-6,15-18,26,31H,4,7-14H2,(H,27,28,29)/p+1. The highest BCUT2D eigenvalue weighted by Crippen LogP contribution is 2.35. The number of quaternary nitrogens is 1. The SMILES string of the molecule is C#Cc1cccc(Nc2ncnc3cc(OCCCO)c(OCCN4CC[NH2+]CC4)cc23)c1. The van der Waals surface area contributed by atoms with Gasteiger partial charge in [-0.05, 0) is 24.3 Å². The van der Waals surface area contributed by atoms with Crippen LogP contribution >= 0.6 is 0 Å². The summed E-state index contributed by atoms with van der Waals surface area (Å²) in [5, 5.41) is 15.6. The summed E-state index contributed by atoms with van der Waals surface area (Å²) in [5.74, 6) is 4.56. The van der Waals surface area contributed by atoms with Crippen molar-refractivity contribution in [1.82, 2.24) is 14.9 Å². The van der Waals surface area contributed by atoms with Gasteiger partial charge in [-0.15, -0.1) is 6.42 Å². The predicted octanol–water partition coefficient (Wildman–Crippen LogP) is 1.37. The van der Waals surface area contributed by atoms with E-state index >= 15 is 0 Å². The number of hydrogen-bond acceptors (Lipinski definition) is 7. The van der Waals surface area contributed by atoms with E-state index in [-0.39, 0.29) is 6.61 Å². The van der Waals surface area contributed by atoms with Crippen molar-refractivity contribution >= 4 is 22.4 Å². The molecule has 0 atom stereocenters. The molecule has 1 aliphatic heterocycles. The van der Waals surface area contributed by atoms with Crippen molar-refractivity contribution in [3.8, 4) is 23.8 Å². The molecule has 1 fully saturated rings. The molecule has 1 aromatic heterocycles. The maximum Gasteiger partial charge on any atom is 0.163 e. The number of anilines is 2. The van der Waals surface area contributed by atoms with Crippen LogP contribution in [0.4, 0.5) is 11.5 Å². The molecule has 8 heteroatoms. The molecule has 1 aliphatic rings. The lowest BCUT2D eigenvalue weighted by Crippen LogP contribution is -2.89. The van der Waals surface area contributed by atoms with Gasteiger partial charge in [-0.2, -0.15) is 0 Å². The lowest BCUT2D eigenvalue weighted by Gasteiger charge is -2.25. The summed E-state index contributed by atoms with van der Waals surface area (Å²) in [6, 6.07) is 11.4. The number of hydrogen-bond donors (Lipinski definition) is 3. The summed E-state index contributed by atoms with van der Waals surface area (Å²) in [4.78, 5) is 11.3. The predicted molar refractivity (Wildman–Crippen MR) is 128 cm³/mol. The molecule has 3 aromatic rings. The lowest BCUT2D eigenvalue weighted by atomic mass is 10.2. The molecular formula is C25H30N5O3+. The lowest BCUT2D eigenvalue weighted by molar-refractivity contribution is -0.663. The normalized spacial score (nSPS) is 14.1. The number of aliphatic hydroxyl groups is 1. The minimum atomic E-state index is 0.0721. The minimum absolute atomic E-state index is 0.0721. The van der Waals surface area contributed by atoms with Crippen molar-refractivity contribution in [2.45, 2.75) is 6.42 Å². The molecule has 4 rings (SSSR count). The molecule has 0 spiro atoms. The molecule has 4 N–H and O–H groups in total. The number of aromatic nitrogens is 2. The highest BCUT2D eigenvalue weighted by Gasteiger charge is 2.15. The van der Waals surface area contributed by atoms with Crippen molar-refractivity contribution in [3.63, 3.8) is 0 Å². The summed E-state index contributed by atoms with van der Waals surface area (Å²) < 4.78 is 12.1. The monoisotopic (exact) mass is 448 g/mol. The van der Waals surface area contributed by atoms with Crippen LogP contribution in [0.2, 0.25) is 0 Å². The van der Waals surface area contributed by atoms with Gasteiger partial charge in [0.15, 0.2) is 11.5 Å². The van der Waals surface area contributed by atoms with Crippen molar-refractivity contribution in [3.05, 3.63) is 48.3 Å². The second-order valence-electron chi connectivity index (χ2n) is 7.87. The van der Waals surface area contributed by atoms with Crippen LogP contribution in [0.1, 0.15) is 12.0 Å². The Kier molecular flexibility index (Phi) is 7.93. The van der Waals surface area contributed by atoms with E-state index in [0.29, 0.717) is 37.0 Å². The highest BCUT2D eigenvalue weighted by molar-refractivity contribution is 5.93. The number of benzene rings is 2. The van der Waals surface area contributed by atoms with E-state index in [2.05, 4.69) is 31.4 Å². The molecule has 2 aromatic carbocycles. The first-order valence-corrected chi connectivity index (χ1v) is 11.3. The number of nitrogens with one attached hydrogen (secondary N) is 1. The van der Waals surface area contributed by atoms with Gasteiger partial charge in [-0.1, -0.05) is 12.0 Å². The van der Waals surface area contributed by atoms with Gasteiger partial charge < -0.3 is 25.2 Å². The average Bonchev–Trinajstić information content (AvgIpc) is 2.85. The Morgan fingerprint density at radius 3 is 2.73 bits per heavy atom. The van der Waals surface area contributed by atoms with E-state index in [4.69, 9.17) is 21.0 Å². The molecule has 33 heavy (non-hydrogen) atoms. The molecule has 0 bridgehead atoms. The van der Waals surface area contributed by atoms with Crippen molar-refractivity contribution in [2.75, 3.05) is 57.9 Å². The number of nitrogens with zero attached hydrogens (tertiary/aromatic N) is 3. The Hall–Kier alpha value is -3.38. The number of rotatable bonds is 10. The van der Waals surface area contributed by atoms with Crippen LogP contribution in [0.5, 0.6) is 11.5 Å². The summed E-state index contributed by atoms with van der Waals surface area (Å²) >= 11 is 0. The maximum atomic E-state index is 9.12. The Labute approximate surface area is 193 Å². The number of nitrogens with two attached hydrogens (primary N) is 1. The molecule has 0 radical (unpaired) electrons. The van der Waals surface area contributed by atoms with Gasteiger partial charge in [-0.3, -0.25) is 4.90 Å². The number of fused-ring (bicyclic) bond motifs is 1. The van der Waals surface area contributed by atoms with E-state index < -0.39 is 0 Å². The van der Waals surface area contributed by atoms with Crippen LogP contribution in [0.25, 0.3) is 10.9 Å². The number of ether oxygens (including phenoxy) is 2. The summed E-state index contributed by atoms with van der Waals surface area (Å²) in [7, 11) is 0. The van der Waals surface area contributed by atoms with Gasteiger partial charge in [0.2, 0.25) is 0 Å².